The van der Waals surface area contributed by atoms with Crippen LogP contribution in [-0.2, 0) is 19.4 Å². The van der Waals surface area contributed by atoms with Gasteiger partial charge in [0.2, 0.25) is 0 Å². The molecule has 6 heteroatoms. The lowest BCUT2D eigenvalue weighted by Gasteiger charge is -2.28. The summed E-state index contributed by atoms with van der Waals surface area (Å²) in [6.07, 6.45) is 7.02. The van der Waals surface area contributed by atoms with E-state index in [0.717, 1.165) is 64.1 Å². The largest absolute Gasteiger partial charge is 0.352 e. The van der Waals surface area contributed by atoms with E-state index in [0.29, 0.717) is 5.56 Å². The number of nitrogens with one attached hydrogen (secondary N) is 1. The smallest absolute Gasteiger partial charge is 0.255 e. The molecule has 2 aromatic heterocycles. The number of pyridine rings is 1. The van der Waals surface area contributed by atoms with Gasteiger partial charge in [-0.1, -0.05) is 13.3 Å². The summed E-state index contributed by atoms with van der Waals surface area (Å²) in [7, 11) is 0. The molecule has 25 heavy (non-hydrogen) atoms. The third-order valence-corrected chi connectivity index (χ3v) is 5.22. The molecule has 0 atom stereocenters. The lowest BCUT2D eigenvalue weighted by Crippen LogP contribution is -2.31. The Labute approximate surface area is 148 Å². The van der Waals surface area contributed by atoms with Crippen LogP contribution >= 0.6 is 0 Å². The number of anilines is 1. The van der Waals surface area contributed by atoms with E-state index in [1.54, 1.807) is 6.20 Å². The number of amides is 1. The number of H-pyrrole nitrogens is 1. The molecule has 2 aliphatic heterocycles. The highest BCUT2D eigenvalue weighted by molar-refractivity contribution is 5.94. The van der Waals surface area contributed by atoms with Gasteiger partial charge in [0.15, 0.2) is 0 Å². The molecule has 0 bridgehead atoms. The molecule has 6 nitrogen and oxygen atoms in total. The topological polar surface area (TPSA) is 65.1 Å². The van der Waals surface area contributed by atoms with Crippen molar-refractivity contribution in [2.75, 3.05) is 24.5 Å². The van der Waals surface area contributed by atoms with Crippen LogP contribution in [0, 0.1) is 0 Å². The van der Waals surface area contributed by atoms with E-state index in [1.807, 2.05) is 17.0 Å². The number of hydrogen-bond acceptors (Lipinski definition) is 4. The van der Waals surface area contributed by atoms with E-state index in [1.165, 1.54) is 17.0 Å². The van der Waals surface area contributed by atoms with Gasteiger partial charge in [0.05, 0.1) is 11.3 Å². The van der Waals surface area contributed by atoms with Crippen molar-refractivity contribution in [3.8, 4) is 0 Å². The van der Waals surface area contributed by atoms with Gasteiger partial charge in [0.25, 0.3) is 5.91 Å². The average molecular weight is 339 g/mol. The second kappa shape index (κ2) is 6.86. The quantitative estimate of drug-likeness (QED) is 0.930. The van der Waals surface area contributed by atoms with E-state index in [-0.39, 0.29) is 5.91 Å². The molecule has 4 heterocycles. The molecule has 0 radical (unpaired) electrons. The van der Waals surface area contributed by atoms with Crippen LogP contribution in [0.5, 0.6) is 0 Å². The van der Waals surface area contributed by atoms with Crippen molar-refractivity contribution in [2.24, 2.45) is 0 Å². The predicted molar refractivity (Wildman–Crippen MR) is 96.7 cm³/mol. The van der Waals surface area contributed by atoms with E-state index in [4.69, 9.17) is 0 Å². The van der Waals surface area contributed by atoms with Gasteiger partial charge in [-0.3, -0.25) is 9.89 Å². The maximum Gasteiger partial charge on any atom is 0.255 e. The number of rotatable bonds is 4. The Kier molecular flexibility index (Phi) is 4.42. The van der Waals surface area contributed by atoms with Crippen molar-refractivity contribution < 1.29 is 4.79 Å². The summed E-state index contributed by atoms with van der Waals surface area (Å²) in [5, 5.41) is 7.67. The summed E-state index contributed by atoms with van der Waals surface area (Å²) < 4.78 is 0. The maximum atomic E-state index is 12.4. The van der Waals surface area contributed by atoms with Crippen molar-refractivity contribution in [1.29, 1.82) is 0 Å². The number of aromatic nitrogens is 3. The zero-order valence-electron chi connectivity index (χ0n) is 14.8. The standard InChI is InChI=1S/C19H25N5O/c1-2-5-16-15-13-24(11-8-17(15)22-21-16)18-7-6-14(12-20-18)19(25)23-9-3-4-10-23/h6-7,12H,2-5,8-11,13H2,1H3,(H,21,22). The van der Waals surface area contributed by atoms with Crippen LogP contribution in [0.15, 0.2) is 18.3 Å². The van der Waals surface area contributed by atoms with E-state index < -0.39 is 0 Å². The molecule has 0 spiro atoms. The predicted octanol–water partition coefficient (Wildman–Crippen LogP) is 2.56. The Hall–Kier alpha value is -2.37. The van der Waals surface area contributed by atoms with Crippen LogP contribution in [-0.4, -0.2) is 45.6 Å². The van der Waals surface area contributed by atoms with E-state index in [9.17, 15) is 4.79 Å². The average Bonchev–Trinajstić information content (AvgIpc) is 3.32. The molecule has 0 aromatic carbocycles. The highest BCUT2D eigenvalue weighted by atomic mass is 16.2. The number of likely N-dealkylation sites (tertiary alicyclic amines) is 1. The molecule has 1 saturated heterocycles. The lowest BCUT2D eigenvalue weighted by atomic mass is 10.0. The summed E-state index contributed by atoms with van der Waals surface area (Å²) in [6, 6.07) is 3.90. The Balaban J connectivity index is 1.49. The number of hydrogen-bond donors (Lipinski definition) is 1. The highest BCUT2D eigenvalue weighted by Gasteiger charge is 2.23. The zero-order chi connectivity index (χ0) is 17.2. The minimum atomic E-state index is 0.109. The fourth-order valence-corrected chi connectivity index (χ4v) is 3.80. The van der Waals surface area contributed by atoms with Crippen LogP contribution in [0.2, 0.25) is 0 Å². The Morgan fingerprint density at radius 2 is 2.08 bits per heavy atom. The van der Waals surface area contributed by atoms with Gasteiger partial charge < -0.3 is 9.80 Å². The molecular weight excluding hydrogens is 314 g/mol. The van der Waals surface area contributed by atoms with E-state index in [2.05, 4.69) is 27.0 Å². The molecule has 132 valence electrons. The number of fused-ring (bicyclic) bond motifs is 1. The fraction of sp³-hybridized carbons (Fsp3) is 0.526. The van der Waals surface area contributed by atoms with Gasteiger partial charge in [-0.05, 0) is 31.4 Å². The van der Waals surface area contributed by atoms with Crippen molar-refractivity contribution in [3.05, 3.63) is 40.8 Å². The second-order valence-electron chi connectivity index (χ2n) is 6.95. The normalized spacial score (nSPS) is 17.0. The number of aryl methyl sites for hydroxylation is 1. The Bertz CT molecular complexity index is 746. The minimum absolute atomic E-state index is 0.109. The summed E-state index contributed by atoms with van der Waals surface area (Å²) in [6.45, 7) is 5.69. The third-order valence-electron chi connectivity index (χ3n) is 5.22. The summed E-state index contributed by atoms with van der Waals surface area (Å²) in [5.41, 5.74) is 4.47. The number of nitrogens with zero attached hydrogens (tertiary/aromatic N) is 4. The van der Waals surface area contributed by atoms with Crippen LogP contribution < -0.4 is 4.90 Å². The number of aromatic amines is 1. The highest BCUT2D eigenvalue weighted by Crippen LogP contribution is 2.25. The molecule has 0 unspecified atom stereocenters. The van der Waals surface area contributed by atoms with Crippen molar-refractivity contribution in [2.45, 2.75) is 45.6 Å². The first-order chi connectivity index (χ1) is 12.3. The molecule has 1 fully saturated rings. The summed E-state index contributed by atoms with van der Waals surface area (Å²) in [5.74, 6) is 1.05. The van der Waals surface area contributed by atoms with Gasteiger partial charge in [-0.25, -0.2) is 4.98 Å². The van der Waals surface area contributed by atoms with E-state index >= 15 is 0 Å². The lowest BCUT2D eigenvalue weighted by molar-refractivity contribution is 0.0792. The van der Waals surface area contributed by atoms with Gasteiger partial charge >= 0.3 is 0 Å². The number of carbonyl (C=O) groups excluding carboxylic acids is 1. The fourth-order valence-electron chi connectivity index (χ4n) is 3.80. The van der Waals surface area contributed by atoms with Crippen LogP contribution in [0.4, 0.5) is 5.82 Å². The maximum absolute atomic E-state index is 12.4. The monoisotopic (exact) mass is 339 g/mol. The first-order valence-electron chi connectivity index (χ1n) is 9.31. The molecule has 0 aliphatic carbocycles. The molecule has 2 aliphatic rings. The van der Waals surface area contributed by atoms with Gasteiger partial charge in [-0.15, -0.1) is 0 Å². The summed E-state index contributed by atoms with van der Waals surface area (Å²) >= 11 is 0. The molecule has 2 aromatic rings. The third kappa shape index (κ3) is 3.13. The Morgan fingerprint density at radius 1 is 1.24 bits per heavy atom. The van der Waals surface area contributed by atoms with Gasteiger partial charge in [0.1, 0.15) is 5.82 Å². The minimum Gasteiger partial charge on any atom is -0.352 e. The molecular formula is C19H25N5O. The van der Waals surface area contributed by atoms with Gasteiger partial charge in [0, 0.05) is 50.1 Å². The van der Waals surface area contributed by atoms with Crippen LogP contribution in [0.25, 0.3) is 0 Å². The molecule has 1 N–H and O–H groups in total. The van der Waals surface area contributed by atoms with Crippen molar-refractivity contribution >= 4 is 11.7 Å². The molecule has 0 saturated carbocycles. The number of carbonyl (C=O) groups is 1. The van der Waals surface area contributed by atoms with Gasteiger partial charge in [-0.2, -0.15) is 5.10 Å². The van der Waals surface area contributed by atoms with Crippen molar-refractivity contribution in [1.82, 2.24) is 20.1 Å². The zero-order valence-corrected chi connectivity index (χ0v) is 14.8. The SMILES string of the molecule is CCCc1n[nH]c2c1CN(c1ccc(C(=O)N3CCCC3)cn1)CC2. The first kappa shape index (κ1) is 16.1. The van der Waals surface area contributed by atoms with Crippen molar-refractivity contribution in [3.63, 3.8) is 0 Å². The molecule has 4 rings (SSSR count). The van der Waals surface area contributed by atoms with Crippen LogP contribution in [0.3, 0.4) is 0 Å². The second-order valence-corrected chi connectivity index (χ2v) is 6.95. The Morgan fingerprint density at radius 3 is 2.80 bits per heavy atom. The van der Waals surface area contributed by atoms with Crippen LogP contribution in [0.1, 0.15) is 53.5 Å². The summed E-state index contributed by atoms with van der Waals surface area (Å²) in [4.78, 5) is 21.2. The first-order valence-corrected chi connectivity index (χ1v) is 9.31. The molecule has 1 amide bonds.